The Kier molecular flexibility index (Phi) is 4.11. The monoisotopic (exact) mass is 303 g/mol. The van der Waals surface area contributed by atoms with Gasteiger partial charge in [-0.3, -0.25) is 14.6 Å². The summed E-state index contributed by atoms with van der Waals surface area (Å²) in [6.07, 6.45) is 4.94. The Labute approximate surface area is 130 Å². The summed E-state index contributed by atoms with van der Waals surface area (Å²) in [6.45, 7) is 4.33. The van der Waals surface area contributed by atoms with Crippen LogP contribution in [-0.2, 0) is 14.3 Å². The van der Waals surface area contributed by atoms with E-state index in [2.05, 4.69) is 4.98 Å². The van der Waals surface area contributed by atoms with Crippen LogP contribution < -0.4 is 4.90 Å². The second kappa shape index (κ2) is 6.04. The third-order valence-corrected chi connectivity index (χ3v) is 4.61. The number of ether oxygens (including phenoxy) is 1. The minimum atomic E-state index is -0.419. The molecule has 6 heteroatoms. The molecule has 6 nitrogen and oxygen atoms in total. The maximum Gasteiger partial charge on any atom is 0.248 e. The van der Waals surface area contributed by atoms with E-state index in [9.17, 15) is 9.59 Å². The number of carbonyl (C=O) groups is 2. The van der Waals surface area contributed by atoms with Crippen LogP contribution in [0.15, 0.2) is 24.5 Å². The van der Waals surface area contributed by atoms with Gasteiger partial charge in [0.2, 0.25) is 11.8 Å². The maximum atomic E-state index is 12.8. The van der Waals surface area contributed by atoms with Crippen LogP contribution in [0.3, 0.4) is 0 Å². The average molecular weight is 303 g/mol. The van der Waals surface area contributed by atoms with Gasteiger partial charge in [0.25, 0.3) is 0 Å². The van der Waals surface area contributed by atoms with Crippen LogP contribution in [0, 0.1) is 5.41 Å². The molecule has 22 heavy (non-hydrogen) atoms. The predicted octanol–water partition coefficient (Wildman–Crippen LogP) is 1.07. The van der Waals surface area contributed by atoms with Gasteiger partial charge in [0, 0.05) is 32.4 Å². The molecule has 0 unspecified atom stereocenters. The first-order valence-electron chi connectivity index (χ1n) is 7.74. The lowest BCUT2D eigenvalue weighted by atomic mass is 9.85. The molecule has 0 aliphatic carbocycles. The topological polar surface area (TPSA) is 62.7 Å². The number of pyridine rings is 1. The Morgan fingerprint density at radius 2 is 2.23 bits per heavy atom. The lowest BCUT2D eigenvalue weighted by Crippen LogP contribution is -2.39. The van der Waals surface area contributed by atoms with Gasteiger partial charge in [-0.05, 0) is 31.9 Å². The molecule has 118 valence electrons. The maximum absolute atomic E-state index is 12.8. The standard InChI is InChI=1S/C16H21N3O3/c1-2-22-11-14(20)18-8-5-16(12-18)6-9-19(15(16)21)13-4-3-7-17-10-13/h3-4,7,10H,2,5-6,8-9,11-12H2,1H3/t16-/m1/s1. The van der Waals surface area contributed by atoms with Gasteiger partial charge in [0.1, 0.15) is 6.61 Å². The quantitative estimate of drug-likeness (QED) is 0.835. The molecule has 2 aliphatic rings. The molecule has 2 fully saturated rings. The van der Waals surface area contributed by atoms with Crippen LogP contribution in [0.2, 0.25) is 0 Å². The molecule has 2 aliphatic heterocycles. The second-order valence-corrected chi connectivity index (χ2v) is 5.90. The largest absolute Gasteiger partial charge is 0.372 e. The fraction of sp³-hybridized carbons (Fsp3) is 0.562. The Bertz CT molecular complexity index is 563. The highest BCUT2D eigenvalue weighted by atomic mass is 16.5. The van der Waals surface area contributed by atoms with Crippen molar-refractivity contribution in [2.75, 3.05) is 37.7 Å². The van der Waals surface area contributed by atoms with Crippen LogP contribution >= 0.6 is 0 Å². The van der Waals surface area contributed by atoms with Crippen molar-refractivity contribution in [3.63, 3.8) is 0 Å². The van der Waals surface area contributed by atoms with E-state index in [0.29, 0.717) is 26.2 Å². The summed E-state index contributed by atoms with van der Waals surface area (Å²) in [5.74, 6) is 0.0959. The number of anilines is 1. The van der Waals surface area contributed by atoms with Gasteiger partial charge in [-0.25, -0.2) is 0 Å². The van der Waals surface area contributed by atoms with Crippen molar-refractivity contribution in [1.82, 2.24) is 9.88 Å². The van der Waals surface area contributed by atoms with Gasteiger partial charge >= 0.3 is 0 Å². The molecular weight excluding hydrogens is 282 g/mol. The molecule has 0 N–H and O–H groups in total. The first kappa shape index (κ1) is 15.0. The molecular formula is C16H21N3O3. The molecule has 1 aromatic rings. The molecule has 1 spiro atoms. The predicted molar refractivity (Wildman–Crippen MR) is 81.3 cm³/mol. The normalized spacial score (nSPS) is 24.5. The smallest absolute Gasteiger partial charge is 0.248 e. The lowest BCUT2D eigenvalue weighted by Gasteiger charge is -2.23. The molecule has 0 aromatic carbocycles. The van der Waals surface area contributed by atoms with Crippen molar-refractivity contribution in [3.05, 3.63) is 24.5 Å². The van der Waals surface area contributed by atoms with Crippen LogP contribution in [0.25, 0.3) is 0 Å². The summed E-state index contributed by atoms with van der Waals surface area (Å²) >= 11 is 0. The summed E-state index contributed by atoms with van der Waals surface area (Å²) in [5.41, 5.74) is 0.418. The molecule has 2 amide bonds. The van der Waals surface area contributed by atoms with Gasteiger partial charge in [-0.2, -0.15) is 0 Å². The fourth-order valence-corrected chi connectivity index (χ4v) is 3.32. The van der Waals surface area contributed by atoms with E-state index in [4.69, 9.17) is 4.74 Å². The van der Waals surface area contributed by atoms with Crippen LogP contribution in [0.4, 0.5) is 5.69 Å². The highest BCUT2D eigenvalue weighted by molar-refractivity contribution is 6.00. The number of carbonyl (C=O) groups excluding carboxylic acids is 2. The van der Waals surface area contributed by atoms with E-state index in [-0.39, 0.29) is 18.4 Å². The summed E-state index contributed by atoms with van der Waals surface area (Å²) in [4.78, 5) is 32.5. The molecule has 0 saturated carbocycles. The summed E-state index contributed by atoms with van der Waals surface area (Å²) in [7, 11) is 0. The Morgan fingerprint density at radius 1 is 1.41 bits per heavy atom. The van der Waals surface area contributed by atoms with E-state index in [1.165, 1.54) is 0 Å². The minimum absolute atomic E-state index is 0.0219. The SMILES string of the molecule is CCOCC(=O)N1CC[C@@]2(CCN(c3cccnc3)C2=O)C1. The van der Waals surface area contributed by atoms with Crippen molar-refractivity contribution in [2.45, 2.75) is 19.8 Å². The summed E-state index contributed by atoms with van der Waals surface area (Å²) < 4.78 is 5.18. The van der Waals surface area contributed by atoms with Crippen LogP contribution in [0.1, 0.15) is 19.8 Å². The van der Waals surface area contributed by atoms with Gasteiger partial charge in [0.15, 0.2) is 0 Å². The Hall–Kier alpha value is -1.95. The molecule has 0 radical (unpaired) electrons. The number of likely N-dealkylation sites (tertiary alicyclic amines) is 1. The molecule has 3 heterocycles. The van der Waals surface area contributed by atoms with Crippen molar-refractivity contribution < 1.29 is 14.3 Å². The van der Waals surface area contributed by atoms with Crippen LogP contribution in [-0.4, -0.2) is 54.5 Å². The van der Waals surface area contributed by atoms with E-state index < -0.39 is 5.41 Å². The van der Waals surface area contributed by atoms with E-state index >= 15 is 0 Å². The number of hydrogen-bond donors (Lipinski definition) is 0. The highest BCUT2D eigenvalue weighted by Crippen LogP contribution is 2.42. The third-order valence-electron chi connectivity index (χ3n) is 4.61. The van der Waals surface area contributed by atoms with Crippen molar-refractivity contribution in [3.8, 4) is 0 Å². The number of nitrogens with zero attached hydrogens (tertiary/aromatic N) is 3. The third kappa shape index (κ3) is 2.59. The van der Waals surface area contributed by atoms with Gasteiger partial charge in [0.05, 0.1) is 17.3 Å². The molecule has 1 atom stereocenters. The molecule has 2 saturated heterocycles. The first-order chi connectivity index (χ1) is 10.7. The number of aromatic nitrogens is 1. The number of rotatable bonds is 4. The summed E-state index contributed by atoms with van der Waals surface area (Å²) in [5, 5.41) is 0. The Morgan fingerprint density at radius 3 is 2.95 bits per heavy atom. The van der Waals surface area contributed by atoms with Crippen molar-refractivity contribution in [2.24, 2.45) is 5.41 Å². The van der Waals surface area contributed by atoms with Crippen LogP contribution in [0.5, 0.6) is 0 Å². The average Bonchev–Trinajstić information content (AvgIpc) is 3.12. The first-order valence-corrected chi connectivity index (χ1v) is 7.74. The second-order valence-electron chi connectivity index (χ2n) is 5.90. The van der Waals surface area contributed by atoms with Gasteiger partial charge < -0.3 is 14.5 Å². The van der Waals surface area contributed by atoms with Crippen molar-refractivity contribution in [1.29, 1.82) is 0 Å². The zero-order chi connectivity index (χ0) is 15.6. The van der Waals surface area contributed by atoms with Gasteiger partial charge in [-0.1, -0.05) is 0 Å². The molecule has 0 bridgehead atoms. The van der Waals surface area contributed by atoms with Gasteiger partial charge in [-0.15, -0.1) is 0 Å². The number of hydrogen-bond acceptors (Lipinski definition) is 4. The molecule has 3 rings (SSSR count). The Balaban J connectivity index is 1.69. The number of amides is 2. The van der Waals surface area contributed by atoms with Crippen molar-refractivity contribution >= 4 is 17.5 Å². The van der Waals surface area contributed by atoms with E-state index in [1.54, 1.807) is 22.2 Å². The van der Waals surface area contributed by atoms with E-state index in [1.807, 2.05) is 19.1 Å². The zero-order valence-electron chi connectivity index (χ0n) is 12.8. The highest BCUT2D eigenvalue weighted by Gasteiger charge is 2.51. The van der Waals surface area contributed by atoms with E-state index in [0.717, 1.165) is 18.5 Å². The lowest BCUT2D eigenvalue weighted by molar-refractivity contribution is -0.135. The molecule has 1 aromatic heterocycles. The fourth-order valence-electron chi connectivity index (χ4n) is 3.32. The summed E-state index contributed by atoms with van der Waals surface area (Å²) in [6, 6.07) is 3.73. The zero-order valence-corrected chi connectivity index (χ0v) is 12.8. The minimum Gasteiger partial charge on any atom is -0.372 e.